The topological polar surface area (TPSA) is 36.1 Å². The standard InChI is InChI=1S/C22H24N2O/c25-22(11-10-17-6-2-1-3-7-17)24-14-12-18(13-15-24)21-16-19-8-4-5-9-20(19)23-21/h1-9,16,18,23H,10-15H2. The van der Waals surface area contributed by atoms with Crippen LogP contribution < -0.4 is 0 Å². The molecule has 0 saturated carbocycles. The lowest BCUT2D eigenvalue weighted by molar-refractivity contribution is -0.132. The first-order chi connectivity index (χ1) is 12.3. The van der Waals surface area contributed by atoms with Gasteiger partial charge in [0.2, 0.25) is 5.91 Å². The van der Waals surface area contributed by atoms with Crippen molar-refractivity contribution in [3.05, 3.63) is 71.9 Å². The van der Waals surface area contributed by atoms with E-state index < -0.39 is 0 Å². The molecule has 1 aliphatic heterocycles. The van der Waals surface area contributed by atoms with Gasteiger partial charge >= 0.3 is 0 Å². The lowest BCUT2D eigenvalue weighted by atomic mass is 9.93. The second-order valence-electron chi connectivity index (χ2n) is 6.95. The Hall–Kier alpha value is -2.55. The number of para-hydroxylation sites is 1. The number of carbonyl (C=O) groups is 1. The third-order valence-corrected chi connectivity index (χ3v) is 5.31. The monoisotopic (exact) mass is 332 g/mol. The van der Waals surface area contributed by atoms with Crippen LogP contribution in [0.3, 0.4) is 0 Å². The Labute approximate surface area is 148 Å². The second kappa shape index (κ2) is 7.14. The summed E-state index contributed by atoms with van der Waals surface area (Å²) < 4.78 is 0. The van der Waals surface area contributed by atoms with Gasteiger partial charge in [-0.2, -0.15) is 0 Å². The zero-order valence-corrected chi connectivity index (χ0v) is 14.4. The number of carbonyl (C=O) groups excluding carboxylic acids is 1. The lowest BCUT2D eigenvalue weighted by Crippen LogP contribution is -2.38. The van der Waals surface area contributed by atoms with Crippen LogP contribution >= 0.6 is 0 Å². The van der Waals surface area contributed by atoms with Gasteiger partial charge in [-0.3, -0.25) is 4.79 Å². The summed E-state index contributed by atoms with van der Waals surface area (Å²) in [5.41, 5.74) is 3.76. The molecule has 1 amide bonds. The van der Waals surface area contributed by atoms with E-state index in [9.17, 15) is 4.79 Å². The maximum absolute atomic E-state index is 12.5. The van der Waals surface area contributed by atoms with E-state index in [4.69, 9.17) is 0 Å². The predicted molar refractivity (Wildman–Crippen MR) is 102 cm³/mol. The number of aromatic nitrogens is 1. The van der Waals surface area contributed by atoms with Gasteiger partial charge < -0.3 is 9.88 Å². The number of aromatic amines is 1. The molecule has 25 heavy (non-hydrogen) atoms. The number of hydrogen-bond acceptors (Lipinski definition) is 1. The van der Waals surface area contributed by atoms with Gasteiger partial charge in [-0.05, 0) is 42.3 Å². The fourth-order valence-corrected chi connectivity index (χ4v) is 3.81. The molecule has 3 aromatic rings. The van der Waals surface area contributed by atoms with Crippen LogP contribution in [0.5, 0.6) is 0 Å². The number of amides is 1. The van der Waals surface area contributed by atoms with Crippen molar-refractivity contribution in [2.24, 2.45) is 0 Å². The molecule has 3 nitrogen and oxygen atoms in total. The average molecular weight is 332 g/mol. The zero-order valence-electron chi connectivity index (χ0n) is 14.4. The van der Waals surface area contributed by atoms with Gasteiger partial charge in [-0.1, -0.05) is 48.5 Å². The SMILES string of the molecule is O=C(CCc1ccccc1)N1CCC(c2cc3ccccc3[nH]2)CC1. The minimum atomic E-state index is 0.291. The quantitative estimate of drug-likeness (QED) is 0.750. The van der Waals surface area contributed by atoms with E-state index in [1.165, 1.54) is 22.2 Å². The number of hydrogen-bond donors (Lipinski definition) is 1. The van der Waals surface area contributed by atoms with Crippen molar-refractivity contribution in [2.75, 3.05) is 13.1 Å². The van der Waals surface area contributed by atoms with Crippen molar-refractivity contribution in [3.8, 4) is 0 Å². The minimum Gasteiger partial charge on any atom is -0.358 e. The molecule has 2 aromatic carbocycles. The Balaban J connectivity index is 1.32. The summed E-state index contributed by atoms with van der Waals surface area (Å²) in [6.45, 7) is 1.74. The molecule has 0 unspecified atom stereocenters. The van der Waals surface area contributed by atoms with Gasteiger partial charge in [-0.15, -0.1) is 0 Å². The highest BCUT2D eigenvalue weighted by molar-refractivity contribution is 5.80. The number of nitrogens with zero attached hydrogens (tertiary/aromatic N) is 1. The largest absolute Gasteiger partial charge is 0.358 e. The molecule has 0 radical (unpaired) electrons. The van der Waals surface area contributed by atoms with E-state index in [0.29, 0.717) is 18.2 Å². The fourth-order valence-electron chi connectivity index (χ4n) is 3.81. The Morgan fingerprint density at radius 3 is 2.48 bits per heavy atom. The molecule has 0 bridgehead atoms. The van der Waals surface area contributed by atoms with E-state index >= 15 is 0 Å². The van der Waals surface area contributed by atoms with Crippen LogP contribution in [0.25, 0.3) is 10.9 Å². The fraction of sp³-hybridized carbons (Fsp3) is 0.318. The maximum atomic E-state index is 12.5. The number of piperidine rings is 1. The molecule has 1 N–H and O–H groups in total. The zero-order chi connectivity index (χ0) is 17.1. The number of likely N-dealkylation sites (tertiary alicyclic amines) is 1. The van der Waals surface area contributed by atoms with Crippen molar-refractivity contribution in [1.82, 2.24) is 9.88 Å². The van der Waals surface area contributed by atoms with Gasteiger partial charge in [0.1, 0.15) is 0 Å². The second-order valence-corrected chi connectivity index (χ2v) is 6.95. The molecule has 0 aliphatic carbocycles. The van der Waals surface area contributed by atoms with Gasteiger partial charge in [0.05, 0.1) is 0 Å². The van der Waals surface area contributed by atoms with E-state index in [0.717, 1.165) is 32.4 Å². The predicted octanol–water partition coefficient (Wildman–Crippen LogP) is 4.51. The van der Waals surface area contributed by atoms with Crippen LogP contribution in [0, 0.1) is 0 Å². The summed E-state index contributed by atoms with van der Waals surface area (Å²) in [7, 11) is 0. The van der Waals surface area contributed by atoms with Crippen molar-refractivity contribution >= 4 is 16.8 Å². The highest BCUT2D eigenvalue weighted by atomic mass is 16.2. The van der Waals surface area contributed by atoms with E-state index in [1.54, 1.807) is 0 Å². The summed E-state index contributed by atoms with van der Waals surface area (Å²) in [6, 6.07) is 21.0. The Bertz CT molecular complexity index is 812. The molecule has 1 aromatic heterocycles. The van der Waals surface area contributed by atoms with Crippen LogP contribution in [0.15, 0.2) is 60.7 Å². The number of nitrogens with one attached hydrogen (secondary N) is 1. The summed E-state index contributed by atoms with van der Waals surface area (Å²) in [6.07, 6.45) is 3.54. The normalized spacial score (nSPS) is 15.6. The maximum Gasteiger partial charge on any atom is 0.222 e. The van der Waals surface area contributed by atoms with E-state index in [1.807, 2.05) is 23.1 Å². The Morgan fingerprint density at radius 1 is 1.00 bits per heavy atom. The first-order valence-corrected chi connectivity index (χ1v) is 9.19. The molecule has 128 valence electrons. The van der Waals surface area contributed by atoms with Crippen LogP contribution in [0.4, 0.5) is 0 Å². The number of H-pyrrole nitrogens is 1. The van der Waals surface area contributed by atoms with Crippen molar-refractivity contribution in [2.45, 2.75) is 31.6 Å². The Morgan fingerprint density at radius 2 is 1.72 bits per heavy atom. The third kappa shape index (κ3) is 3.60. The summed E-state index contributed by atoms with van der Waals surface area (Å²) >= 11 is 0. The van der Waals surface area contributed by atoms with Crippen LogP contribution in [-0.4, -0.2) is 28.9 Å². The van der Waals surface area contributed by atoms with Gasteiger partial charge in [0.15, 0.2) is 0 Å². The van der Waals surface area contributed by atoms with Crippen LogP contribution in [0.1, 0.15) is 36.4 Å². The molecule has 2 heterocycles. The first-order valence-electron chi connectivity index (χ1n) is 9.19. The van der Waals surface area contributed by atoms with Crippen molar-refractivity contribution in [1.29, 1.82) is 0 Å². The highest BCUT2D eigenvalue weighted by Crippen LogP contribution is 2.30. The highest BCUT2D eigenvalue weighted by Gasteiger charge is 2.24. The third-order valence-electron chi connectivity index (χ3n) is 5.31. The molecule has 0 spiro atoms. The summed E-state index contributed by atoms with van der Waals surface area (Å²) in [4.78, 5) is 18.1. The molecular weight excluding hydrogens is 308 g/mol. The number of aryl methyl sites for hydroxylation is 1. The summed E-state index contributed by atoms with van der Waals surface area (Å²) in [5.74, 6) is 0.824. The van der Waals surface area contributed by atoms with Crippen molar-refractivity contribution in [3.63, 3.8) is 0 Å². The van der Waals surface area contributed by atoms with E-state index in [2.05, 4.69) is 47.4 Å². The van der Waals surface area contributed by atoms with Gasteiger partial charge in [0.25, 0.3) is 0 Å². The van der Waals surface area contributed by atoms with Gasteiger partial charge in [0, 0.05) is 36.6 Å². The molecule has 1 fully saturated rings. The lowest BCUT2D eigenvalue weighted by Gasteiger charge is -2.31. The average Bonchev–Trinajstić information content (AvgIpc) is 3.11. The Kier molecular flexibility index (Phi) is 4.55. The van der Waals surface area contributed by atoms with Crippen LogP contribution in [-0.2, 0) is 11.2 Å². The van der Waals surface area contributed by atoms with E-state index in [-0.39, 0.29) is 0 Å². The number of rotatable bonds is 4. The van der Waals surface area contributed by atoms with Crippen molar-refractivity contribution < 1.29 is 4.79 Å². The summed E-state index contributed by atoms with van der Waals surface area (Å²) in [5, 5.41) is 1.28. The number of benzene rings is 2. The molecule has 3 heteroatoms. The minimum absolute atomic E-state index is 0.291. The van der Waals surface area contributed by atoms with Crippen LogP contribution in [0.2, 0.25) is 0 Å². The smallest absolute Gasteiger partial charge is 0.222 e. The molecule has 1 aliphatic rings. The number of fused-ring (bicyclic) bond motifs is 1. The molecule has 0 atom stereocenters. The molecule has 4 rings (SSSR count). The van der Waals surface area contributed by atoms with Gasteiger partial charge in [-0.25, -0.2) is 0 Å². The molecular formula is C22H24N2O. The molecule has 1 saturated heterocycles. The first kappa shape index (κ1) is 15.9.